The maximum Gasteiger partial charge on any atom is 0.267 e. The summed E-state index contributed by atoms with van der Waals surface area (Å²) in [6, 6.07) is 0. The fraction of sp³-hybridized carbons (Fsp3) is 1.00. The van der Waals surface area contributed by atoms with Crippen LogP contribution in [0.3, 0.4) is 0 Å². The minimum Gasteiger partial charge on any atom is -0.390 e. The molecule has 0 radical (unpaired) electrons. The molecule has 0 amide bonds. The Labute approximate surface area is 70.2 Å². The van der Waals surface area contributed by atoms with Crippen molar-refractivity contribution in [1.82, 2.24) is 0 Å². The molecule has 0 saturated heterocycles. The highest BCUT2D eigenvalue weighted by Crippen LogP contribution is 1.98. The normalized spacial score (nSPS) is 17.8. The first-order valence-corrected chi connectivity index (χ1v) is 5.03. The van der Waals surface area contributed by atoms with Crippen LogP contribution in [0.5, 0.6) is 0 Å². The van der Waals surface area contributed by atoms with Gasteiger partial charge < -0.3 is 10.2 Å². The second kappa shape index (κ2) is 4.27. The summed E-state index contributed by atoms with van der Waals surface area (Å²) in [5, 5.41) is 17.6. The molecule has 5 nitrogen and oxygen atoms in total. The minimum absolute atomic E-state index is 0.0588. The van der Waals surface area contributed by atoms with E-state index < -0.39 is 28.1 Å². The average molecular weight is 202 g/mol. The highest BCUT2D eigenvalue weighted by molar-refractivity contribution is 7.85. The van der Waals surface area contributed by atoms with Crippen molar-refractivity contribution < 1.29 is 23.2 Å². The first kappa shape index (κ1) is 11.2. The van der Waals surface area contributed by atoms with Gasteiger partial charge in [-0.15, -0.1) is 0 Å². The molecule has 0 aromatic carbocycles. The quantitative estimate of drug-likeness (QED) is 0.330. The highest BCUT2D eigenvalue weighted by atomic mass is 32.2. The number of rotatable bonds is 4. The van der Waals surface area contributed by atoms with Crippen LogP contribution in [0.1, 0.15) is 0 Å². The van der Waals surface area contributed by atoms with Gasteiger partial charge in [-0.1, -0.05) is 0 Å². The van der Waals surface area contributed by atoms with Crippen molar-refractivity contribution in [3.05, 3.63) is 0 Å². The SMILES string of the molecule is O=S(=O)(O)C[C@@H](O)[C@H](O)CS. The standard InChI is InChI=1S/C4H10O5S2/c5-3(1-10)4(6)2-11(7,8)9/h3-6,10H,1-2H2,(H,7,8,9)/t3-,4-/m1/s1. The van der Waals surface area contributed by atoms with Gasteiger partial charge in [0.05, 0.1) is 12.2 Å². The van der Waals surface area contributed by atoms with Crippen molar-refractivity contribution in [3.8, 4) is 0 Å². The zero-order valence-electron chi connectivity index (χ0n) is 5.58. The lowest BCUT2D eigenvalue weighted by Crippen LogP contribution is -2.33. The molecule has 0 rings (SSSR count). The van der Waals surface area contributed by atoms with Crippen LogP contribution in [-0.4, -0.2) is 46.9 Å². The van der Waals surface area contributed by atoms with Crippen LogP contribution in [0.4, 0.5) is 0 Å². The third-order valence-electron chi connectivity index (χ3n) is 1.01. The first-order chi connectivity index (χ1) is 4.87. The second-order valence-electron chi connectivity index (χ2n) is 2.07. The van der Waals surface area contributed by atoms with E-state index in [9.17, 15) is 8.42 Å². The molecule has 68 valence electrons. The molecular formula is C4H10O5S2. The second-order valence-corrected chi connectivity index (χ2v) is 3.93. The fourth-order valence-corrected chi connectivity index (χ4v) is 1.35. The van der Waals surface area contributed by atoms with Crippen LogP contribution >= 0.6 is 12.6 Å². The van der Waals surface area contributed by atoms with E-state index in [-0.39, 0.29) is 5.75 Å². The van der Waals surface area contributed by atoms with Crippen molar-refractivity contribution in [2.24, 2.45) is 0 Å². The van der Waals surface area contributed by atoms with Gasteiger partial charge in [0.25, 0.3) is 10.1 Å². The zero-order valence-corrected chi connectivity index (χ0v) is 7.29. The lowest BCUT2D eigenvalue weighted by atomic mass is 10.3. The summed E-state index contributed by atoms with van der Waals surface area (Å²) in [4.78, 5) is 0. The monoisotopic (exact) mass is 202 g/mol. The van der Waals surface area contributed by atoms with E-state index >= 15 is 0 Å². The van der Waals surface area contributed by atoms with E-state index in [0.717, 1.165) is 0 Å². The first-order valence-electron chi connectivity index (χ1n) is 2.79. The zero-order chi connectivity index (χ0) is 9.07. The molecule has 0 aliphatic rings. The molecule has 0 aromatic heterocycles. The van der Waals surface area contributed by atoms with Crippen molar-refractivity contribution in [2.75, 3.05) is 11.5 Å². The number of hydrogen-bond donors (Lipinski definition) is 4. The molecule has 0 fully saturated rings. The number of thiol groups is 1. The van der Waals surface area contributed by atoms with Gasteiger partial charge in [-0.25, -0.2) is 0 Å². The van der Waals surface area contributed by atoms with Crippen LogP contribution in [-0.2, 0) is 10.1 Å². The molecule has 0 bridgehead atoms. The molecule has 0 unspecified atom stereocenters. The van der Waals surface area contributed by atoms with Gasteiger partial charge in [-0.05, 0) is 0 Å². The Balaban J connectivity index is 3.98. The molecule has 7 heteroatoms. The highest BCUT2D eigenvalue weighted by Gasteiger charge is 2.20. The van der Waals surface area contributed by atoms with Gasteiger partial charge in [0.15, 0.2) is 0 Å². The Morgan fingerprint density at radius 1 is 1.27 bits per heavy atom. The topological polar surface area (TPSA) is 94.8 Å². The Morgan fingerprint density at radius 3 is 2.00 bits per heavy atom. The Bertz CT molecular complexity index is 199. The molecule has 0 heterocycles. The summed E-state index contributed by atoms with van der Waals surface area (Å²) in [5.74, 6) is -0.925. The fourth-order valence-electron chi connectivity index (χ4n) is 0.449. The van der Waals surface area contributed by atoms with Gasteiger partial charge in [-0.3, -0.25) is 4.55 Å². The van der Waals surface area contributed by atoms with Crippen molar-refractivity contribution in [2.45, 2.75) is 12.2 Å². The van der Waals surface area contributed by atoms with E-state index in [1.54, 1.807) is 0 Å². The maximum absolute atomic E-state index is 10.1. The third-order valence-corrected chi connectivity index (χ3v) is 2.15. The van der Waals surface area contributed by atoms with Gasteiger partial charge >= 0.3 is 0 Å². The summed E-state index contributed by atoms with van der Waals surface area (Å²) >= 11 is 3.62. The molecule has 0 aromatic rings. The van der Waals surface area contributed by atoms with Crippen LogP contribution < -0.4 is 0 Å². The Kier molecular flexibility index (Phi) is 4.34. The number of aliphatic hydroxyl groups excluding tert-OH is 2. The number of hydrogen-bond acceptors (Lipinski definition) is 5. The Hall–Kier alpha value is 0.180. The van der Waals surface area contributed by atoms with Gasteiger partial charge in [0.1, 0.15) is 5.75 Å². The molecule has 0 aliphatic carbocycles. The van der Waals surface area contributed by atoms with Crippen LogP contribution in [0.15, 0.2) is 0 Å². The third kappa shape index (κ3) is 5.45. The van der Waals surface area contributed by atoms with Crippen molar-refractivity contribution in [3.63, 3.8) is 0 Å². The van der Waals surface area contributed by atoms with Crippen LogP contribution in [0, 0.1) is 0 Å². The molecule has 3 N–H and O–H groups in total. The Morgan fingerprint density at radius 2 is 1.73 bits per heavy atom. The predicted octanol–water partition coefficient (Wildman–Crippen LogP) is -1.47. The molecule has 11 heavy (non-hydrogen) atoms. The lowest BCUT2D eigenvalue weighted by Gasteiger charge is -2.13. The van der Waals surface area contributed by atoms with E-state index in [1.807, 2.05) is 0 Å². The van der Waals surface area contributed by atoms with Crippen molar-refractivity contribution >= 4 is 22.7 Å². The van der Waals surface area contributed by atoms with E-state index in [0.29, 0.717) is 0 Å². The summed E-state index contributed by atoms with van der Waals surface area (Å²) < 4.78 is 28.5. The number of aliphatic hydroxyl groups is 2. The lowest BCUT2D eigenvalue weighted by molar-refractivity contribution is 0.0482. The smallest absolute Gasteiger partial charge is 0.267 e. The predicted molar refractivity (Wildman–Crippen MR) is 42.3 cm³/mol. The summed E-state index contributed by atoms with van der Waals surface area (Å²) in [6.45, 7) is 0. The molecule has 0 spiro atoms. The molecule has 2 atom stereocenters. The van der Waals surface area contributed by atoms with Crippen LogP contribution in [0.2, 0.25) is 0 Å². The molecular weight excluding hydrogens is 192 g/mol. The average Bonchev–Trinajstić information content (AvgIpc) is 1.82. The summed E-state index contributed by atoms with van der Waals surface area (Å²) in [6.07, 6.45) is -2.72. The van der Waals surface area contributed by atoms with Crippen LogP contribution in [0.25, 0.3) is 0 Å². The molecule has 0 saturated carbocycles. The minimum atomic E-state index is -4.22. The van der Waals surface area contributed by atoms with Gasteiger partial charge in [-0.2, -0.15) is 21.0 Å². The van der Waals surface area contributed by atoms with Gasteiger partial charge in [0, 0.05) is 5.75 Å². The van der Waals surface area contributed by atoms with E-state index in [4.69, 9.17) is 14.8 Å². The summed E-state index contributed by atoms with van der Waals surface area (Å²) in [7, 11) is -4.22. The largest absolute Gasteiger partial charge is 0.390 e. The maximum atomic E-state index is 10.1. The van der Waals surface area contributed by atoms with Gasteiger partial charge in [0.2, 0.25) is 0 Å². The van der Waals surface area contributed by atoms with E-state index in [2.05, 4.69) is 12.6 Å². The molecule has 0 aliphatic heterocycles. The summed E-state index contributed by atoms with van der Waals surface area (Å²) in [5.41, 5.74) is 0. The van der Waals surface area contributed by atoms with E-state index in [1.165, 1.54) is 0 Å². The van der Waals surface area contributed by atoms with Crippen molar-refractivity contribution in [1.29, 1.82) is 0 Å².